The van der Waals surface area contributed by atoms with Gasteiger partial charge in [0.15, 0.2) is 0 Å². The number of ether oxygens (including phenoxy) is 2. The number of hydrogen-bond acceptors (Lipinski definition) is 8. The van der Waals surface area contributed by atoms with Gasteiger partial charge < -0.3 is 19.5 Å². The molecule has 3 heterocycles. The minimum atomic E-state index is -0.821. The third-order valence-electron chi connectivity index (χ3n) is 8.43. The van der Waals surface area contributed by atoms with Gasteiger partial charge in [-0.15, -0.1) is 11.8 Å². The van der Waals surface area contributed by atoms with Crippen LogP contribution in [0.4, 0.5) is 4.39 Å². The van der Waals surface area contributed by atoms with Crippen molar-refractivity contribution in [2.24, 2.45) is 17.8 Å². The number of likely N-dealkylation sites (tertiary alicyclic amines) is 1. The van der Waals surface area contributed by atoms with E-state index in [9.17, 15) is 23.9 Å². The van der Waals surface area contributed by atoms with Gasteiger partial charge in [0.05, 0.1) is 18.1 Å². The number of aliphatic hydroxyl groups excluding tert-OH is 1. The molecule has 1 aromatic rings. The molecule has 8 nitrogen and oxygen atoms in total. The summed E-state index contributed by atoms with van der Waals surface area (Å²) in [5, 5.41) is 10.4. The van der Waals surface area contributed by atoms with Gasteiger partial charge >= 0.3 is 11.9 Å². The second-order valence-corrected chi connectivity index (χ2v) is 12.6. The van der Waals surface area contributed by atoms with Crippen molar-refractivity contribution in [2.75, 3.05) is 19.9 Å². The summed E-state index contributed by atoms with van der Waals surface area (Å²) in [6.45, 7) is 5.38. The van der Waals surface area contributed by atoms with Gasteiger partial charge in [-0.05, 0) is 43.4 Å². The summed E-state index contributed by atoms with van der Waals surface area (Å²) in [5.74, 6) is -1.97. The Hall–Kier alpha value is -2.43. The highest BCUT2D eigenvalue weighted by atomic mass is 32.2. The number of carbonyl (C=O) groups excluding carboxylic acids is 3. The van der Waals surface area contributed by atoms with Gasteiger partial charge in [-0.1, -0.05) is 38.3 Å². The van der Waals surface area contributed by atoms with Crippen molar-refractivity contribution in [3.63, 3.8) is 0 Å². The summed E-state index contributed by atoms with van der Waals surface area (Å²) in [6.07, 6.45) is 5.01. The first-order valence-electron chi connectivity index (χ1n) is 13.9. The second-order valence-electron chi connectivity index (χ2n) is 11.3. The van der Waals surface area contributed by atoms with Crippen LogP contribution in [0.25, 0.3) is 0 Å². The quantitative estimate of drug-likeness (QED) is 0.262. The molecule has 1 aliphatic carbocycles. The summed E-state index contributed by atoms with van der Waals surface area (Å²) >= 11 is 1.58. The van der Waals surface area contributed by atoms with E-state index in [1.807, 2.05) is 6.92 Å². The van der Waals surface area contributed by atoms with Crippen LogP contribution in [-0.2, 0) is 30.4 Å². The third kappa shape index (κ3) is 6.02. The van der Waals surface area contributed by atoms with Gasteiger partial charge in [-0.25, -0.2) is 9.18 Å². The Balaban J connectivity index is 1.20. The molecule has 212 valence electrons. The average molecular weight is 561 g/mol. The number of halogens is 1. The second kappa shape index (κ2) is 12.0. The zero-order valence-corrected chi connectivity index (χ0v) is 23.3. The van der Waals surface area contributed by atoms with Crippen LogP contribution in [0.15, 0.2) is 34.9 Å². The molecule has 0 aromatic heterocycles. The highest BCUT2D eigenvalue weighted by Gasteiger charge is 2.60. The molecule has 0 spiro atoms. The van der Waals surface area contributed by atoms with Crippen LogP contribution in [0, 0.1) is 23.6 Å². The van der Waals surface area contributed by atoms with E-state index in [-0.39, 0.29) is 40.6 Å². The number of hydrogen-bond donors (Lipinski definition) is 1. The molecule has 10 heteroatoms. The molecule has 1 amide bonds. The lowest BCUT2D eigenvalue weighted by Crippen LogP contribution is -2.63. The first kappa shape index (κ1) is 28.1. The number of amides is 1. The summed E-state index contributed by atoms with van der Waals surface area (Å²) in [5.41, 5.74) is 1.24. The fourth-order valence-corrected chi connectivity index (χ4v) is 7.90. The number of carbonyl (C=O) groups is 3. The molecule has 0 radical (unpaired) electrons. The van der Waals surface area contributed by atoms with Crippen molar-refractivity contribution in [3.05, 3.63) is 46.2 Å². The van der Waals surface area contributed by atoms with E-state index in [2.05, 4.69) is 4.90 Å². The van der Waals surface area contributed by atoms with Crippen LogP contribution in [-0.4, -0.2) is 70.0 Å². The molecule has 4 atom stereocenters. The first-order chi connectivity index (χ1) is 18.7. The SMILES string of the molecule is C[C@@H](O)[C@H]1C(=O)N2C(C(=O)OCOC(=O)CC3CCCCC3)=C(SC3CN(Cc4ccc(F)cc4)C3)[C@H](C)[C@H]12. The minimum Gasteiger partial charge on any atom is -0.428 e. The monoisotopic (exact) mass is 560 g/mol. The molecule has 1 aromatic carbocycles. The van der Waals surface area contributed by atoms with Gasteiger partial charge in [-0.3, -0.25) is 14.5 Å². The summed E-state index contributed by atoms with van der Waals surface area (Å²) < 4.78 is 23.8. The molecule has 5 rings (SSSR count). The van der Waals surface area contributed by atoms with Crippen LogP contribution in [0.1, 0.15) is 57.9 Å². The maximum absolute atomic E-state index is 13.2. The van der Waals surface area contributed by atoms with E-state index >= 15 is 0 Å². The van der Waals surface area contributed by atoms with E-state index in [0.29, 0.717) is 18.9 Å². The lowest BCUT2D eigenvalue weighted by atomic mass is 9.79. The standard InChI is InChI=1S/C29H37FN2O6S/c1-17-25-24(18(2)33)28(35)32(25)26(29(36)38-16-37-23(34)12-19-6-4-3-5-7-19)27(17)39-22-14-31(15-22)13-20-8-10-21(30)11-9-20/h8-11,17-19,22,24-25,33H,3-7,12-16H2,1-2H3/t17-,18-,24-,25-/m1/s1. The Labute approximate surface area is 232 Å². The first-order valence-corrected chi connectivity index (χ1v) is 14.8. The van der Waals surface area contributed by atoms with Crippen LogP contribution < -0.4 is 0 Å². The van der Waals surface area contributed by atoms with E-state index in [1.54, 1.807) is 30.8 Å². The highest BCUT2D eigenvalue weighted by Crippen LogP contribution is 2.52. The lowest BCUT2D eigenvalue weighted by Gasteiger charge is -2.46. The Morgan fingerprint density at radius 3 is 2.49 bits per heavy atom. The van der Waals surface area contributed by atoms with Crippen molar-refractivity contribution in [1.29, 1.82) is 0 Å². The maximum Gasteiger partial charge on any atom is 0.358 e. The number of thioether (sulfide) groups is 1. The van der Waals surface area contributed by atoms with Crippen LogP contribution in [0.5, 0.6) is 0 Å². The number of β-lactam (4-membered cyclic amide) rings is 1. The molecule has 2 saturated heterocycles. The molecular formula is C29H37FN2O6S. The Morgan fingerprint density at radius 1 is 1.13 bits per heavy atom. The van der Waals surface area contributed by atoms with Crippen molar-refractivity contribution >= 4 is 29.6 Å². The minimum absolute atomic E-state index is 0.130. The number of nitrogens with zero attached hydrogens (tertiary/aromatic N) is 2. The van der Waals surface area contributed by atoms with E-state index < -0.39 is 24.8 Å². The topological polar surface area (TPSA) is 96.4 Å². The number of esters is 2. The van der Waals surface area contributed by atoms with E-state index in [0.717, 1.165) is 49.2 Å². The molecular weight excluding hydrogens is 523 g/mol. The molecule has 4 aliphatic rings. The highest BCUT2D eigenvalue weighted by molar-refractivity contribution is 8.03. The number of rotatable bonds is 10. The normalized spacial score (nSPS) is 26.6. The van der Waals surface area contributed by atoms with Gasteiger partial charge in [0.25, 0.3) is 0 Å². The van der Waals surface area contributed by atoms with Crippen LogP contribution >= 0.6 is 11.8 Å². The molecule has 0 bridgehead atoms. The van der Waals surface area contributed by atoms with Crippen LogP contribution in [0.2, 0.25) is 0 Å². The van der Waals surface area contributed by atoms with Crippen molar-refractivity contribution in [3.8, 4) is 0 Å². The van der Waals surface area contributed by atoms with E-state index in [4.69, 9.17) is 9.47 Å². The molecule has 39 heavy (non-hydrogen) atoms. The predicted octanol–water partition coefficient (Wildman–Crippen LogP) is 3.83. The fourth-order valence-electron chi connectivity index (χ4n) is 6.33. The summed E-state index contributed by atoms with van der Waals surface area (Å²) in [6, 6.07) is 6.17. The van der Waals surface area contributed by atoms with Crippen molar-refractivity contribution < 1.29 is 33.4 Å². The largest absolute Gasteiger partial charge is 0.428 e. The van der Waals surface area contributed by atoms with Gasteiger partial charge in [0.2, 0.25) is 12.7 Å². The zero-order chi connectivity index (χ0) is 27.7. The summed E-state index contributed by atoms with van der Waals surface area (Å²) in [4.78, 5) is 42.9. The summed E-state index contributed by atoms with van der Waals surface area (Å²) in [7, 11) is 0. The van der Waals surface area contributed by atoms with Gasteiger partial charge in [0.1, 0.15) is 11.5 Å². The van der Waals surface area contributed by atoms with Crippen molar-refractivity contribution in [1.82, 2.24) is 9.80 Å². The lowest BCUT2D eigenvalue weighted by molar-refractivity contribution is -0.172. The van der Waals surface area contributed by atoms with Gasteiger partial charge in [0, 0.05) is 42.1 Å². The Morgan fingerprint density at radius 2 is 1.82 bits per heavy atom. The Bertz CT molecular complexity index is 1110. The molecule has 1 N–H and O–H groups in total. The van der Waals surface area contributed by atoms with Crippen molar-refractivity contribution in [2.45, 2.75) is 76.3 Å². The Kier molecular flexibility index (Phi) is 8.63. The maximum atomic E-state index is 13.2. The average Bonchev–Trinajstić information content (AvgIpc) is 3.12. The number of fused-ring (bicyclic) bond motifs is 1. The predicted molar refractivity (Wildman–Crippen MR) is 143 cm³/mol. The number of benzene rings is 1. The smallest absolute Gasteiger partial charge is 0.358 e. The molecule has 1 saturated carbocycles. The zero-order valence-electron chi connectivity index (χ0n) is 22.5. The fraction of sp³-hybridized carbons (Fsp3) is 0.621. The molecule has 3 fully saturated rings. The third-order valence-corrected chi connectivity index (χ3v) is 9.88. The van der Waals surface area contributed by atoms with E-state index in [1.165, 1.54) is 23.5 Å². The van der Waals surface area contributed by atoms with Crippen LogP contribution in [0.3, 0.4) is 0 Å². The number of aliphatic hydroxyl groups is 1. The molecule has 0 unspecified atom stereocenters. The van der Waals surface area contributed by atoms with Gasteiger partial charge in [-0.2, -0.15) is 0 Å². The molecule has 3 aliphatic heterocycles.